The van der Waals surface area contributed by atoms with E-state index in [0.29, 0.717) is 11.4 Å². The van der Waals surface area contributed by atoms with Crippen molar-refractivity contribution >= 4 is 44.9 Å². The molecule has 0 bridgehead atoms. The fourth-order valence-corrected chi connectivity index (χ4v) is 3.27. The van der Waals surface area contributed by atoms with E-state index in [1.807, 2.05) is 37.4 Å². The standard InChI is InChI=1S/C16H19BrN4O2S/c1-21(12-6-3-2-4-7-12)11-5-10-18-16(23)20-19-15(22)13-8-9-14(17)24-13/h2-4,6-9H,5,10-11H2,1H3,(H,19,22)(H2,18,20,23). The third-order valence-corrected chi connectivity index (χ3v) is 4.86. The van der Waals surface area contributed by atoms with Crippen molar-refractivity contribution < 1.29 is 9.59 Å². The van der Waals surface area contributed by atoms with Crippen LogP contribution >= 0.6 is 27.3 Å². The molecular weight excluding hydrogens is 392 g/mol. The van der Waals surface area contributed by atoms with Gasteiger partial charge in [0.2, 0.25) is 0 Å². The lowest BCUT2D eigenvalue weighted by Gasteiger charge is -2.19. The first-order valence-electron chi connectivity index (χ1n) is 7.42. The summed E-state index contributed by atoms with van der Waals surface area (Å²) in [5, 5.41) is 2.70. The number of thiophene rings is 1. The van der Waals surface area contributed by atoms with E-state index in [2.05, 4.69) is 37.0 Å². The molecule has 128 valence electrons. The zero-order valence-corrected chi connectivity index (χ0v) is 15.6. The van der Waals surface area contributed by atoms with Gasteiger partial charge < -0.3 is 10.2 Å². The van der Waals surface area contributed by atoms with Crippen LogP contribution in [0.15, 0.2) is 46.3 Å². The monoisotopic (exact) mass is 410 g/mol. The van der Waals surface area contributed by atoms with Crippen molar-refractivity contribution in [2.24, 2.45) is 0 Å². The van der Waals surface area contributed by atoms with Crippen LogP contribution in [0.25, 0.3) is 0 Å². The first-order chi connectivity index (χ1) is 11.6. The van der Waals surface area contributed by atoms with E-state index in [1.165, 1.54) is 11.3 Å². The van der Waals surface area contributed by atoms with Gasteiger partial charge in [-0.05, 0) is 46.6 Å². The van der Waals surface area contributed by atoms with E-state index in [4.69, 9.17) is 0 Å². The maximum Gasteiger partial charge on any atom is 0.333 e. The molecule has 0 radical (unpaired) electrons. The number of nitrogens with one attached hydrogen (secondary N) is 3. The van der Waals surface area contributed by atoms with Gasteiger partial charge in [0.1, 0.15) is 0 Å². The molecule has 0 aliphatic rings. The van der Waals surface area contributed by atoms with Crippen LogP contribution in [0.3, 0.4) is 0 Å². The molecule has 0 aliphatic carbocycles. The van der Waals surface area contributed by atoms with Crippen LogP contribution in [0.2, 0.25) is 0 Å². The zero-order chi connectivity index (χ0) is 17.4. The lowest BCUT2D eigenvalue weighted by molar-refractivity contribution is 0.0940. The zero-order valence-electron chi connectivity index (χ0n) is 13.2. The van der Waals surface area contributed by atoms with Gasteiger partial charge in [0.25, 0.3) is 5.91 Å². The lowest BCUT2D eigenvalue weighted by Crippen LogP contribution is -2.47. The Morgan fingerprint density at radius 2 is 1.88 bits per heavy atom. The molecule has 8 heteroatoms. The number of urea groups is 1. The van der Waals surface area contributed by atoms with Gasteiger partial charge in [-0.2, -0.15) is 0 Å². The van der Waals surface area contributed by atoms with Crippen molar-refractivity contribution in [2.45, 2.75) is 6.42 Å². The molecular formula is C16H19BrN4O2S. The van der Waals surface area contributed by atoms with Gasteiger partial charge in [0, 0.05) is 25.8 Å². The van der Waals surface area contributed by atoms with Gasteiger partial charge in [-0.25, -0.2) is 10.2 Å². The first kappa shape index (κ1) is 18.3. The molecule has 0 spiro atoms. The second-order valence-corrected chi connectivity index (χ2v) is 7.51. The topological polar surface area (TPSA) is 73.5 Å². The fourth-order valence-electron chi connectivity index (χ4n) is 1.99. The molecule has 0 unspecified atom stereocenters. The molecule has 2 aromatic rings. The number of benzene rings is 1. The number of amides is 3. The first-order valence-corrected chi connectivity index (χ1v) is 9.03. The smallest absolute Gasteiger partial charge is 0.333 e. The summed E-state index contributed by atoms with van der Waals surface area (Å²) in [7, 11) is 2.01. The molecule has 24 heavy (non-hydrogen) atoms. The van der Waals surface area contributed by atoms with Crippen molar-refractivity contribution in [3.05, 3.63) is 51.1 Å². The Morgan fingerprint density at radius 3 is 2.54 bits per heavy atom. The van der Waals surface area contributed by atoms with Gasteiger partial charge in [0.15, 0.2) is 0 Å². The molecule has 1 aromatic heterocycles. The van der Waals surface area contributed by atoms with Gasteiger partial charge >= 0.3 is 6.03 Å². The van der Waals surface area contributed by atoms with E-state index < -0.39 is 6.03 Å². The Hall–Kier alpha value is -2.06. The number of hydrazine groups is 1. The van der Waals surface area contributed by atoms with Crippen molar-refractivity contribution in [3.8, 4) is 0 Å². The van der Waals surface area contributed by atoms with Crippen LogP contribution < -0.4 is 21.1 Å². The van der Waals surface area contributed by atoms with E-state index in [0.717, 1.165) is 22.4 Å². The van der Waals surface area contributed by atoms with E-state index in [1.54, 1.807) is 12.1 Å². The maximum atomic E-state index is 11.8. The highest BCUT2D eigenvalue weighted by Crippen LogP contribution is 2.21. The molecule has 1 heterocycles. The number of halogens is 1. The third kappa shape index (κ3) is 5.86. The molecule has 1 aromatic carbocycles. The van der Waals surface area contributed by atoms with Gasteiger partial charge in [0.05, 0.1) is 8.66 Å². The number of carbonyl (C=O) groups excluding carboxylic acids is 2. The highest BCUT2D eigenvalue weighted by Gasteiger charge is 2.09. The Kier molecular flexibility index (Phi) is 7.07. The molecule has 2 rings (SSSR count). The van der Waals surface area contributed by atoms with Crippen molar-refractivity contribution in [1.29, 1.82) is 0 Å². The van der Waals surface area contributed by atoms with Crippen LogP contribution in [0.5, 0.6) is 0 Å². The highest BCUT2D eigenvalue weighted by molar-refractivity contribution is 9.11. The molecule has 0 aliphatic heterocycles. The second-order valence-electron chi connectivity index (χ2n) is 5.05. The predicted octanol–water partition coefficient (Wildman–Crippen LogP) is 2.98. The maximum absolute atomic E-state index is 11.8. The van der Waals surface area contributed by atoms with Crippen LogP contribution in [-0.2, 0) is 0 Å². The summed E-state index contributed by atoms with van der Waals surface area (Å²) in [5.74, 6) is -0.343. The number of nitrogens with zero attached hydrogens (tertiary/aromatic N) is 1. The number of para-hydroxylation sites is 1. The van der Waals surface area contributed by atoms with Crippen LogP contribution in [0.4, 0.5) is 10.5 Å². The largest absolute Gasteiger partial charge is 0.375 e. The van der Waals surface area contributed by atoms with Gasteiger partial charge in [-0.15, -0.1) is 11.3 Å². The van der Waals surface area contributed by atoms with Crippen molar-refractivity contribution in [1.82, 2.24) is 16.2 Å². The van der Waals surface area contributed by atoms with Gasteiger partial charge in [-0.1, -0.05) is 18.2 Å². The van der Waals surface area contributed by atoms with E-state index in [-0.39, 0.29) is 5.91 Å². The molecule has 6 nitrogen and oxygen atoms in total. The van der Waals surface area contributed by atoms with Crippen LogP contribution in [-0.4, -0.2) is 32.1 Å². The quantitative estimate of drug-likeness (QED) is 0.506. The van der Waals surface area contributed by atoms with E-state index >= 15 is 0 Å². The minimum atomic E-state index is -0.429. The molecule has 0 fully saturated rings. The Morgan fingerprint density at radius 1 is 1.12 bits per heavy atom. The average Bonchev–Trinajstić information content (AvgIpc) is 3.03. The molecule has 3 N–H and O–H groups in total. The molecule has 3 amide bonds. The Bertz CT molecular complexity index is 678. The Labute approximate surface area is 153 Å². The van der Waals surface area contributed by atoms with Crippen LogP contribution in [0, 0.1) is 0 Å². The number of rotatable bonds is 6. The summed E-state index contributed by atoms with van der Waals surface area (Å²) < 4.78 is 0.861. The Balaban J connectivity index is 1.60. The summed E-state index contributed by atoms with van der Waals surface area (Å²) in [6.07, 6.45) is 0.796. The van der Waals surface area contributed by atoms with Crippen molar-refractivity contribution in [2.75, 3.05) is 25.0 Å². The second kappa shape index (κ2) is 9.29. The number of hydrogen-bond donors (Lipinski definition) is 3. The summed E-state index contributed by atoms with van der Waals surface area (Å²) >= 11 is 4.58. The number of carbonyl (C=O) groups is 2. The minimum Gasteiger partial charge on any atom is -0.375 e. The molecule has 0 atom stereocenters. The van der Waals surface area contributed by atoms with E-state index in [9.17, 15) is 9.59 Å². The third-order valence-electron chi connectivity index (χ3n) is 3.24. The number of anilines is 1. The predicted molar refractivity (Wildman–Crippen MR) is 100 cm³/mol. The van der Waals surface area contributed by atoms with Crippen molar-refractivity contribution in [3.63, 3.8) is 0 Å². The van der Waals surface area contributed by atoms with Gasteiger partial charge in [-0.3, -0.25) is 10.2 Å². The lowest BCUT2D eigenvalue weighted by atomic mass is 10.3. The SMILES string of the molecule is CN(CCCNC(=O)NNC(=O)c1ccc(Br)s1)c1ccccc1. The summed E-state index contributed by atoms with van der Waals surface area (Å²) in [6.45, 7) is 1.34. The number of hydrogen-bond acceptors (Lipinski definition) is 4. The summed E-state index contributed by atoms with van der Waals surface area (Å²) in [4.78, 5) is 26.1. The summed E-state index contributed by atoms with van der Waals surface area (Å²) in [6, 6.07) is 13.1. The normalized spacial score (nSPS) is 10.1. The summed E-state index contributed by atoms with van der Waals surface area (Å²) in [5.41, 5.74) is 5.84. The fraction of sp³-hybridized carbons (Fsp3) is 0.250. The average molecular weight is 411 g/mol. The van der Waals surface area contributed by atoms with Crippen LogP contribution in [0.1, 0.15) is 16.1 Å². The molecule has 0 saturated heterocycles. The minimum absolute atomic E-state index is 0.343. The highest BCUT2D eigenvalue weighted by atomic mass is 79.9. The molecule has 0 saturated carbocycles.